The zero-order valence-corrected chi connectivity index (χ0v) is 32.6. The number of fused-ring (bicyclic) bond motifs is 1. The molecule has 12 heteroatoms. The van der Waals surface area contributed by atoms with Crippen molar-refractivity contribution < 1.29 is 23.9 Å². The molecule has 3 heterocycles. The highest BCUT2D eigenvalue weighted by Gasteiger charge is 2.31. The fraction of sp³-hybridized carbons (Fsp3) is 0.133. The Morgan fingerprint density at radius 3 is 2.33 bits per heavy atom. The second kappa shape index (κ2) is 18.5. The van der Waals surface area contributed by atoms with Crippen molar-refractivity contribution in [2.24, 2.45) is 0 Å². The van der Waals surface area contributed by atoms with Gasteiger partial charge in [-0.25, -0.2) is 4.79 Å². The molecule has 0 fully saturated rings. The molecule has 0 radical (unpaired) electrons. The van der Waals surface area contributed by atoms with Crippen LogP contribution in [0.3, 0.4) is 0 Å². The summed E-state index contributed by atoms with van der Waals surface area (Å²) in [7, 11) is 1.35. The molecular weight excluding hydrogens is 755 g/mol. The summed E-state index contributed by atoms with van der Waals surface area (Å²) in [4.78, 5) is 62.6. The quantitative estimate of drug-likeness (QED) is 0.0605. The van der Waals surface area contributed by atoms with Crippen molar-refractivity contribution in [3.8, 4) is 0 Å². The highest BCUT2D eigenvalue weighted by Crippen LogP contribution is 2.41. The molecule has 1 aliphatic heterocycles. The highest BCUT2D eigenvalue weighted by atomic mass is 32.2. The number of thioether (sulfide) groups is 1. The fourth-order valence-electron chi connectivity index (χ4n) is 6.47. The number of esters is 1. The lowest BCUT2D eigenvalue weighted by Crippen LogP contribution is -2.30. The maximum atomic E-state index is 14.3. The molecule has 1 atom stereocenters. The lowest BCUT2D eigenvalue weighted by Gasteiger charge is -2.27. The van der Waals surface area contributed by atoms with Gasteiger partial charge in [0.05, 0.1) is 12.7 Å². The monoisotopic (exact) mass is 793 g/mol. The second-order valence-electron chi connectivity index (χ2n) is 13.2. The molecule has 0 saturated carbocycles. The van der Waals surface area contributed by atoms with Crippen LogP contribution in [0.15, 0.2) is 150 Å². The molecule has 7 rings (SSSR count). The summed E-state index contributed by atoms with van der Waals surface area (Å²) in [5.41, 5.74) is 4.80. The lowest BCUT2D eigenvalue weighted by atomic mass is 10.0. The van der Waals surface area contributed by atoms with Crippen molar-refractivity contribution in [2.75, 3.05) is 24.3 Å². The summed E-state index contributed by atoms with van der Waals surface area (Å²) in [6, 6.07) is 39.0. The molecule has 6 aromatic rings. The van der Waals surface area contributed by atoms with Crippen LogP contribution >= 0.6 is 23.1 Å². The van der Waals surface area contributed by atoms with Gasteiger partial charge in [-0.15, -0.1) is 23.1 Å². The smallest absolute Gasteiger partial charge is 0.341 e. The number of aromatic nitrogens is 1. The molecule has 3 N–H and O–H groups in total. The molecule has 10 nitrogen and oxygen atoms in total. The van der Waals surface area contributed by atoms with Crippen LogP contribution in [0.2, 0.25) is 0 Å². The Bertz CT molecular complexity index is 2390. The molecule has 0 saturated heterocycles. The first-order valence-corrected chi connectivity index (χ1v) is 20.0. The van der Waals surface area contributed by atoms with Crippen molar-refractivity contribution >= 4 is 63.6 Å². The summed E-state index contributed by atoms with van der Waals surface area (Å²) in [5, 5.41) is 8.49. The summed E-state index contributed by atoms with van der Waals surface area (Å²) >= 11 is 2.72. The number of carbonyl (C=O) groups excluding carboxylic acids is 4. The van der Waals surface area contributed by atoms with E-state index in [4.69, 9.17) is 4.74 Å². The second-order valence-corrected chi connectivity index (χ2v) is 15.5. The predicted molar refractivity (Wildman–Crippen MR) is 225 cm³/mol. The van der Waals surface area contributed by atoms with E-state index in [-0.39, 0.29) is 11.6 Å². The van der Waals surface area contributed by atoms with Crippen molar-refractivity contribution in [1.29, 1.82) is 0 Å². The maximum absolute atomic E-state index is 14.3. The van der Waals surface area contributed by atoms with Crippen LogP contribution in [-0.4, -0.2) is 47.2 Å². The van der Waals surface area contributed by atoms with Crippen molar-refractivity contribution in [3.63, 3.8) is 0 Å². The van der Waals surface area contributed by atoms with E-state index in [0.717, 1.165) is 29.1 Å². The van der Waals surface area contributed by atoms with Gasteiger partial charge in [-0.1, -0.05) is 91.0 Å². The van der Waals surface area contributed by atoms with Gasteiger partial charge in [0.2, 0.25) is 5.91 Å². The Labute approximate surface area is 339 Å². The van der Waals surface area contributed by atoms with E-state index in [9.17, 15) is 19.2 Å². The van der Waals surface area contributed by atoms with Crippen molar-refractivity contribution in [3.05, 3.63) is 184 Å². The number of nitrogens with zero attached hydrogens (tertiary/aromatic N) is 2. The summed E-state index contributed by atoms with van der Waals surface area (Å²) in [5.74, 6) is -1.77. The number of thiophene rings is 1. The normalized spacial score (nSPS) is 13.2. The van der Waals surface area contributed by atoms with Gasteiger partial charge in [0.1, 0.15) is 15.9 Å². The van der Waals surface area contributed by atoms with Gasteiger partial charge in [0.15, 0.2) is 0 Å². The lowest BCUT2D eigenvalue weighted by molar-refractivity contribution is -0.116. The number of ether oxygens (including phenoxy) is 1. The zero-order chi connectivity index (χ0) is 39.6. The van der Waals surface area contributed by atoms with Crippen LogP contribution < -0.4 is 16.0 Å². The average Bonchev–Trinajstić information content (AvgIpc) is 3.60. The van der Waals surface area contributed by atoms with Gasteiger partial charge < -0.3 is 20.7 Å². The van der Waals surface area contributed by atoms with Crippen LogP contribution in [0.25, 0.3) is 6.08 Å². The number of anilines is 2. The molecule has 0 bridgehead atoms. The van der Waals surface area contributed by atoms with Gasteiger partial charge in [-0.3, -0.25) is 24.3 Å². The van der Waals surface area contributed by atoms with E-state index in [0.29, 0.717) is 45.2 Å². The largest absolute Gasteiger partial charge is 0.465 e. The minimum atomic E-state index is -0.720. The Balaban J connectivity index is 1.11. The number of pyridine rings is 1. The maximum Gasteiger partial charge on any atom is 0.341 e. The molecule has 0 aliphatic carbocycles. The van der Waals surface area contributed by atoms with Gasteiger partial charge in [0, 0.05) is 53.1 Å². The molecule has 286 valence electrons. The number of hydrogen-bond acceptors (Lipinski definition) is 9. The van der Waals surface area contributed by atoms with E-state index in [2.05, 4.69) is 38.0 Å². The standard InChI is InChI=1S/C45H39N5O5S2/c1-55-45(54)39-36-22-24-50(28-30-13-5-2-6-14-30)29-38(36)57-44(39)49-43(53)40(32-16-7-3-8-17-32)56-35-21-11-20-34(26-35)47-42(52)37(25-31-15-12-23-46-27-31)48-41(51)33-18-9-4-10-19-33/h2-21,23,25-27,40H,22,24,28-29H2,1H3,(H,47,52)(H,48,51)(H,49,53)/b37-25-. The molecule has 0 spiro atoms. The number of amides is 3. The Morgan fingerprint density at radius 1 is 0.877 bits per heavy atom. The predicted octanol–water partition coefficient (Wildman–Crippen LogP) is 8.37. The molecule has 4 aromatic carbocycles. The Kier molecular flexibility index (Phi) is 12.7. The number of rotatable bonds is 13. The summed E-state index contributed by atoms with van der Waals surface area (Å²) < 4.78 is 5.22. The number of methoxy groups -OCH3 is 1. The minimum Gasteiger partial charge on any atom is -0.465 e. The van der Waals surface area contributed by atoms with Gasteiger partial charge in [0.25, 0.3) is 11.8 Å². The van der Waals surface area contributed by atoms with Crippen LogP contribution in [0, 0.1) is 0 Å². The van der Waals surface area contributed by atoms with Crippen molar-refractivity contribution in [2.45, 2.75) is 29.7 Å². The first-order chi connectivity index (χ1) is 27.8. The Morgan fingerprint density at radius 2 is 1.61 bits per heavy atom. The first-order valence-electron chi connectivity index (χ1n) is 18.3. The van der Waals surface area contributed by atoms with Crippen LogP contribution in [0.5, 0.6) is 0 Å². The first kappa shape index (κ1) is 38.9. The third kappa shape index (κ3) is 9.92. The SMILES string of the molecule is COC(=O)c1c(NC(=O)C(Sc2cccc(NC(=O)/C(=C/c3cccnc3)NC(=O)c3ccccc3)c2)c2ccccc2)sc2c1CCN(Cc1ccccc1)C2. The summed E-state index contributed by atoms with van der Waals surface area (Å²) in [6.07, 6.45) is 5.43. The third-order valence-electron chi connectivity index (χ3n) is 9.22. The molecule has 2 aromatic heterocycles. The Hall–Kier alpha value is -6.34. The third-order valence-corrected chi connectivity index (χ3v) is 11.6. The topological polar surface area (TPSA) is 130 Å². The van der Waals surface area contributed by atoms with Gasteiger partial charge >= 0.3 is 5.97 Å². The number of carbonyl (C=O) groups is 4. The van der Waals surface area contributed by atoms with Gasteiger partial charge in [-0.2, -0.15) is 0 Å². The molecule has 1 unspecified atom stereocenters. The van der Waals surface area contributed by atoms with Crippen molar-refractivity contribution in [1.82, 2.24) is 15.2 Å². The number of nitrogens with one attached hydrogen (secondary N) is 3. The van der Waals surface area contributed by atoms with E-state index in [1.54, 1.807) is 73.1 Å². The van der Waals surface area contributed by atoms with E-state index >= 15 is 0 Å². The highest BCUT2D eigenvalue weighted by molar-refractivity contribution is 8.00. The minimum absolute atomic E-state index is 0.0275. The fourth-order valence-corrected chi connectivity index (χ4v) is 8.83. The van der Waals surface area contributed by atoms with Crippen LogP contribution in [0.1, 0.15) is 53.1 Å². The number of benzene rings is 4. The van der Waals surface area contributed by atoms with Crippen LogP contribution in [-0.2, 0) is 33.8 Å². The zero-order valence-electron chi connectivity index (χ0n) is 31.0. The molecule has 3 amide bonds. The van der Waals surface area contributed by atoms with E-state index in [1.165, 1.54) is 35.8 Å². The summed E-state index contributed by atoms with van der Waals surface area (Å²) in [6.45, 7) is 2.20. The number of hydrogen-bond donors (Lipinski definition) is 3. The molecule has 1 aliphatic rings. The van der Waals surface area contributed by atoms with E-state index in [1.807, 2.05) is 60.7 Å². The van der Waals surface area contributed by atoms with E-state index < -0.39 is 23.0 Å². The molecular formula is C45H39N5O5S2. The van der Waals surface area contributed by atoms with Gasteiger partial charge in [-0.05, 0) is 71.1 Å². The molecule has 57 heavy (non-hydrogen) atoms. The van der Waals surface area contributed by atoms with Crippen LogP contribution in [0.4, 0.5) is 10.7 Å². The average molecular weight is 794 g/mol.